The predicted octanol–water partition coefficient (Wildman–Crippen LogP) is 1.10. The van der Waals surface area contributed by atoms with Crippen LogP contribution in [0.4, 0.5) is 0 Å². The number of aliphatic carboxylic acids is 1. The van der Waals surface area contributed by atoms with Crippen LogP contribution in [0.2, 0.25) is 5.28 Å². The Kier molecular flexibility index (Phi) is 7.80. The molecule has 0 aromatic carbocycles. The van der Waals surface area contributed by atoms with Crippen LogP contribution >= 0.6 is 11.6 Å². The van der Waals surface area contributed by atoms with Gasteiger partial charge in [-0.05, 0) is 24.4 Å². The van der Waals surface area contributed by atoms with E-state index in [1.807, 2.05) is 0 Å². The fraction of sp³-hybridized carbons (Fsp3) is 0.588. The Bertz CT molecular complexity index is 961. The number of fused-ring (bicyclic) bond motifs is 1. The van der Waals surface area contributed by atoms with E-state index in [0.717, 1.165) is 23.8 Å². The van der Waals surface area contributed by atoms with E-state index in [4.69, 9.17) is 16.7 Å². The number of amides is 1. The van der Waals surface area contributed by atoms with Gasteiger partial charge in [-0.3, -0.25) is 23.5 Å². The molecule has 10 nitrogen and oxygen atoms in total. The molecule has 2 aromatic heterocycles. The molecule has 0 aliphatic rings. The molecule has 3 N–H and O–H groups in total. The lowest BCUT2D eigenvalue weighted by Crippen LogP contribution is -2.41. The van der Waals surface area contributed by atoms with Crippen LogP contribution in [0, 0.1) is 0 Å². The maximum absolute atomic E-state index is 12.8. The van der Waals surface area contributed by atoms with Crippen LogP contribution in [0.1, 0.15) is 45.4 Å². The lowest BCUT2D eigenvalue weighted by molar-refractivity contribution is -0.138. The first kappa shape index (κ1) is 21.7. The van der Waals surface area contributed by atoms with Crippen molar-refractivity contribution in [1.82, 2.24) is 24.4 Å². The molecule has 1 amide bonds. The molecule has 154 valence electrons. The Labute approximate surface area is 165 Å². The predicted molar refractivity (Wildman–Crippen MR) is 104 cm³/mol. The smallest absolute Gasteiger partial charge is 0.332 e. The number of hydrogen-bond acceptors (Lipinski definition) is 5. The van der Waals surface area contributed by atoms with E-state index in [2.05, 4.69) is 22.2 Å². The van der Waals surface area contributed by atoms with Gasteiger partial charge in [0.1, 0.15) is 0 Å². The minimum Gasteiger partial charge on any atom is -0.481 e. The van der Waals surface area contributed by atoms with E-state index in [9.17, 15) is 19.2 Å². The Morgan fingerprint density at radius 1 is 1.14 bits per heavy atom. The van der Waals surface area contributed by atoms with Gasteiger partial charge in [0.2, 0.25) is 11.2 Å². The number of H-pyrrole nitrogens is 1. The molecule has 0 atom stereocenters. The number of aryl methyl sites for hydroxylation is 1. The highest BCUT2D eigenvalue weighted by Crippen LogP contribution is 2.10. The fourth-order valence-corrected chi connectivity index (χ4v) is 3.01. The third kappa shape index (κ3) is 5.44. The molecule has 0 spiro atoms. The molecule has 0 saturated heterocycles. The lowest BCUT2D eigenvalue weighted by Gasteiger charge is -2.11. The number of carbonyl (C=O) groups is 2. The molecule has 0 radical (unpaired) electrons. The normalized spacial score (nSPS) is 11.1. The number of unbranched alkanes of at least 4 members (excludes halogenated alkanes) is 2. The Morgan fingerprint density at radius 2 is 1.86 bits per heavy atom. The van der Waals surface area contributed by atoms with Gasteiger partial charge in [0.15, 0.2) is 11.2 Å². The highest BCUT2D eigenvalue weighted by atomic mass is 35.5. The monoisotopic (exact) mass is 413 g/mol. The third-order valence-corrected chi connectivity index (χ3v) is 4.44. The zero-order chi connectivity index (χ0) is 20.7. The Morgan fingerprint density at radius 3 is 2.54 bits per heavy atom. The molecule has 0 aliphatic carbocycles. The van der Waals surface area contributed by atoms with Crippen LogP contribution < -0.4 is 16.6 Å². The van der Waals surface area contributed by atoms with E-state index in [-0.39, 0.29) is 48.3 Å². The van der Waals surface area contributed by atoms with Crippen LogP contribution in [-0.4, -0.2) is 42.6 Å². The van der Waals surface area contributed by atoms with Gasteiger partial charge in [-0.1, -0.05) is 19.8 Å². The van der Waals surface area contributed by atoms with E-state index >= 15 is 0 Å². The number of imidazole rings is 1. The number of nitrogens with zero attached hydrogens (tertiary/aromatic N) is 3. The number of aromatic nitrogens is 4. The number of carboxylic acid groups (broad SMARTS) is 1. The van der Waals surface area contributed by atoms with Crippen LogP contribution in [-0.2, 0) is 22.7 Å². The summed E-state index contributed by atoms with van der Waals surface area (Å²) in [6.07, 6.45) is 2.68. The van der Waals surface area contributed by atoms with Gasteiger partial charge >= 0.3 is 11.7 Å². The molecule has 11 heteroatoms. The molecule has 2 aromatic rings. The lowest BCUT2D eigenvalue weighted by atomic mass is 10.2. The first-order valence-corrected chi connectivity index (χ1v) is 9.60. The van der Waals surface area contributed by atoms with Gasteiger partial charge in [0.25, 0.3) is 5.56 Å². The largest absolute Gasteiger partial charge is 0.481 e. The average Bonchev–Trinajstić information content (AvgIpc) is 3.03. The summed E-state index contributed by atoms with van der Waals surface area (Å²) in [5.41, 5.74) is -0.557. The van der Waals surface area contributed by atoms with Gasteiger partial charge in [-0.15, -0.1) is 0 Å². The van der Waals surface area contributed by atoms with E-state index in [1.165, 1.54) is 4.57 Å². The van der Waals surface area contributed by atoms with Crippen molar-refractivity contribution in [3.8, 4) is 0 Å². The molecule has 2 rings (SSSR count). The van der Waals surface area contributed by atoms with Crippen molar-refractivity contribution < 1.29 is 14.7 Å². The number of carbonyl (C=O) groups excluding carboxylic acids is 1. The Balaban J connectivity index is 2.13. The van der Waals surface area contributed by atoms with Gasteiger partial charge < -0.3 is 15.4 Å². The van der Waals surface area contributed by atoms with Crippen molar-refractivity contribution in [2.75, 3.05) is 6.54 Å². The number of nitrogens with one attached hydrogen (secondary N) is 2. The summed E-state index contributed by atoms with van der Waals surface area (Å²) in [7, 11) is 0. The summed E-state index contributed by atoms with van der Waals surface area (Å²) in [6, 6.07) is 0. The second-order valence-electron chi connectivity index (χ2n) is 6.42. The molecular formula is C17H24ClN5O5. The Hall–Kier alpha value is -2.62. The standard InChI is InChI=1S/C17H24ClN5O5/c1-2-3-4-9-22-14-13(20-16(18)21-14)15(27)23(17(22)28)10-5-8-19-11(24)6-7-12(25)26/h2-10H2,1H3,(H,19,24)(H,20,21)(H,25,26). The molecular weight excluding hydrogens is 390 g/mol. The van der Waals surface area contributed by atoms with Crippen molar-refractivity contribution in [3.63, 3.8) is 0 Å². The topological polar surface area (TPSA) is 139 Å². The zero-order valence-electron chi connectivity index (χ0n) is 15.7. The van der Waals surface area contributed by atoms with Gasteiger partial charge in [0, 0.05) is 26.1 Å². The summed E-state index contributed by atoms with van der Waals surface area (Å²) >= 11 is 5.89. The molecule has 0 saturated carbocycles. The van der Waals surface area contributed by atoms with Gasteiger partial charge in [0.05, 0.1) is 6.42 Å². The minimum absolute atomic E-state index is 0.0409. The van der Waals surface area contributed by atoms with Crippen molar-refractivity contribution in [2.45, 2.75) is 58.5 Å². The molecule has 0 aliphatic heterocycles. The quantitative estimate of drug-likeness (QED) is 0.372. The summed E-state index contributed by atoms with van der Waals surface area (Å²) in [5, 5.41) is 11.2. The highest BCUT2D eigenvalue weighted by molar-refractivity contribution is 6.28. The highest BCUT2D eigenvalue weighted by Gasteiger charge is 2.16. The van der Waals surface area contributed by atoms with Crippen LogP contribution in [0.5, 0.6) is 0 Å². The first-order valence-electron chi connectivity index (χ1n) is 9.22. The maximum atomic E-state index is 12.8. The first-order chi connectivity index (χ1) is 13.3. The van der Waals surface area contributed by atoms with Gasteiger partial charge in [-0.2, -0.15) is 4.98 Å². The van der Waals surface area contributed by atoms with Crippen LogP contribution in [0.15, 0.2) is 9.59 Å². The van der Waals surface area contributed by atoms with Crippen molar-refractivity contribution in [3.05, 3.63) is 26.1 Å². The summed E-state index contributed by atoms with van der Waals surface area (Å²) in [5.74, 6) is -1.43. The maximum Gasteiger partial charge on any atom is 0.332 e. The van der Waals surface area contributed by atoms with Crippen molar-refractivity contribution in [2.24, 2.45) is 0 Å². The number of halogens is 1. The van der Waals surface area contributed by atoms with E-state index in [1.54, 1.807) is 0 Å². The SMILES string of the molecule is CCCCCn1c(=O)n(CCCNC(=O)CCC(=O)O)c(=O)c2[nH]c(Cl)nc21. The van der Waals surface area contributed by atoms with Crippen LogP contribution in [0.25, 0.3) is 11.2 Å². The van der Waals surface area contributed by atoms with E-state index in [0.29, 0.717) is 13.0 Å². The minimum atomic E-state index is -1.04. The van der Waals surface area contributed by atoms with E-state index < -0.39 is 17.2 Å². The number of aromatic amines is 1. The molecule has 2 heterocycles. The van der Waals surface area contributed by atoms with Gasteiger partial charge in [-0.25, -0.2) is 4.79 Å². The van der Waals surface area contributed by atoms with Crippen LogP contribution in [0.3, 0.4) is 0 Å². The number of hydrogen-bond donors (Lipinski definition) is 3. The average molecular weight is 414 g/mol. The third-order valence-electron chi connectivity index (χ3n) is 4.26. The number of carboxylic acids is 1. The summed E-state index contributed by atoms with van der Waals surface area (Å²) in [6.45, 7) is 2.81. The second kappa shape index (κ2) is 10.1. The molecule has 0 fully saturated rings. The summed E-state index contributed by atoms with van der Waals surface area (Å²) in [4.78, 5) is 54.2. The number of rotatable bonds is 11. The molecule has 28 heavy (non-hydrogen) atoms. The zero-order valence-corrected chi connectivity index (χ0v) is 16.4. The molecule has 0 unspecified atom stereocenters. The van der Waals surface area contributed by atoms with Crippen molar-refractivity contribution >= 4 is 34.6 Å². The second-order valence-corrected chi connectivity index (χ2v) is 6.78. The van der Waals surface area contributed by atoms with Crippen molar-refractivity contribution in [1.29, 1.82) is 0 Å². The fourth-order valence-electron chi connectivity index (χ4n) is 2.83. The molecule has 0 bridgehead atoms. The summed E-state index contributed by atoms with van der Waals surface area (Å²) < 4.78 is 2.55.